The third kappa shape index (κ3) is 2.19. The van der Waals surface area contributed by atoms with Crippen LogP contribution >= 0.6 is 0 Å². The highest BCUT2D eigenvalue weighted by Crippen LogP contribution is 2.79. The van der Waals surface area contributed by atoms with Crippen LogP contribution in [0.15, 0.2) is 0 Å². The van der Waals surface area contributed by atoms with Crippen molar-refractivity contribution in [2.24, 2.45) is 40.4 Å². The standard InChI is InChI=1S/C25H41NO6/c1-6-26-11-23(12-29-2)8-7-16(31-4)25-14-9-13-15(30-3)10-24(28,17(14)19(13)27)18(22(25)26)20(32-5)21(23)25/h13-22,27-28H,6-12H2,1-5H3/t13-,14+,15+,16-,17+,18-,19-,20-,21-,22+,23+,24-,25-/m0/s1. The van der Waals surface area contributed by atoms with E-state index in [9.17, 15) is 10.2 Å². The van der Waals surface area contributed by atoms with Gasteiger partial charge >= 0.3 is 0 Å². The van der Waals surface area contributed by atoms with E-state index in [1.165, 1.54) is 0 Å². The van der Waals surface area contributed by atoms with Crippen LogP contribution in [0.3, 0.4) is 0 Å². The number of aliphatic hydroxyl groups excluding tert-OH is 1. The quantitative estimate of drug-likeness (QED) is 0.627. The van der Waals surface area contributed by atoms with Crippen LogP contribution in [0.4, 0.5) is 0 Å². The van der Waals surface area contributed by atoms with Gasteiger partial charge in [0.15, 0.2) is 0 Å². The Bertz CT molecular complexity index is 767. The first-order chi connectivity index (χ1) is 15.4. The SMILES string of the molecule is CCN1C[C@@]2(COC)CC[C@H](OC)[C@@]34[C@@H]5C[C@@H]6[C@H](O)[C@@H]5[C@@](O)(C[C@H]6OC)[C@@H]([C@H](OC)[C@@H]23)[C@@H]14. The zero-order valence-corrected chi connectivity index (χ0v) is 20.2. The fraction of sp³-hybridized carbons (Fsp3) is 1.00. The molecule has 5 saturated carbocycles. The zero-order valence-electron chi connectivity index (χ0n) is 20.2. The largest absolute Gasteiger partial charge is 0.392 e. The maximum absolute atomic E-state index is 12.6. The Morgan fingerprint density at radius 3 is 2.47 bits per heavy atom. The normalized spacial score (nSPS) is 60.1. The summed E-state index contributed by atoms with van der Waals surface area (Å²) in [6.07, 6.45) is 2.89. The molecule has 32 heavy (non-hydrogen) atoms. The molecule has 6 aliphatic rings. The van der Waals surface area contributed by atoms with Gasteiger partial charge in [0.05, 0.1) is 36.6 Å². The van der Waals surface area contributed by atoms with E-state index in [-0.39, 0.29) is 64.8 Å². The van der Waals surface area contributed by atoms with E-state index in [2.05, 4.69) is 11.8 Å². The number of aliphatic hydroxyl groups is 2. The van der Waals surface area contributed by atoms with Crippen molar-refractivity contribution in [2.45, 2.75) is 68.7 Å². The molecule has 6 rings (SSSR count). The highest BCUT2D eigenvalue weighted by molar-refractivity contribution is 5.35. The van der Waals surface area contributed by atoms with Crippen LogP contribution in [0.25, 0.3) is 0 Å². The van der Waals surface area contributed by atoms with Gasteiger partial charge in [0.25, 0.3) is 0 Å². The van der Waals surface area contributed by atoms with Crippen molar-refractivity contribution >= 4 is 0 Å². The van der Waals surface area contributed by atoms with Crippen LogP contribution in [-0.2, 0) is 18.9 Å². The van der Waals surface area contributed by atoms with Crippen molar-refractivity contribution < 1.29 is 29.2 Å². The van der Waals surface area contributed by atoms with Crippen LogP contribution in [0.1, 0.15) is 32.6 Å². The third-order valence-electron chi connectivity index (χ3n) is 11.4. The molecule has 7 bridgehead atoms. The predicted octanol–water partition coefficient (Wildman–Crippen LogP) is 1.16. The van der Waals surface area contributed by atoms with Crippen molar-refractivity contribution in [2.75, 3.05) is 48.1 Å². The van der Waals surface area contributed by atoms with E-state index < -0.39 is 11.7 Å². The summed E-state index contributed by atoms with van der Waals surface area (Å²) in [7, 11) is 7.23. The molecule has 1 aliphatic heterocycles. The Morgan fingerprint density at radius 1 is 1.06 bits per heavy atom. The van der Waals surface area contributed by atoms with Crippen LogP contribution in [0, 0.1) is 40.4 Å². The number of rotatable bonds is 6. The first kappa shape index (κ1) is 22.2. The van der Waals surface area contributed by atoms with Crippen molar-refractivity contribution in [3.8, 4) is 0 Å². The van der Waals surface area contributed by atoms with Crippen molar-refractivity contribution in [1.82, 2.24) is 4.90 Å². The molecule has 13 atom stereocenters. The second kappa shape index (κ2) is 7.12. The van der Waals surface area contributed by atoms with Gasteiger partial charge in [-0.05, 0) is 31.7 Å². The highest BCUT2D eigenvalue weighted by Gasteiger charge is 2.86. The highest BCUT2D eigenvalue weighted by atomic mass is 16.5. The molecular formula is C25H41NO6. The van der Waals surface area contributed by atoms with Gasteiger partial charge in [-0.25, -0.2) is 0 Å². The second-order valence-electron chi connectivity index (χ2n) is 11.8. The fourth-order valence-corrected chi connectivity index (χ4v) is 11.0. The van der Waals surface area contributed by atoms with Crippen LogP contribution in [-0.4, -0.2) is 99.3 Å². The molecule has 0 unspecified atom stereocenters. The first-order valence-corrected chi connectivity index (χ1v) is 12.6. The molecule has 7 heteroatoms. The number of nitrogens with zero attached hydrogens (tertiary/aromatic N) is 1. The molecule has 1 saturated heterocycles. The van der Waals surface area contributed by atoms with Crippen LogP contribution < -0.4 is 0 Å². The number of hydrogen-bond acceptors (Lipinski definition) is 7. The molecule has 0 aromatic carbocycles. The number of likely N-dealkylation sites (tertiary alicyclic amines) is 1. The summed E-state index contributed by atoms with van der Waals surface area (Å²) in [5.74, 6) is 0.310. The minimum absolute atomic E-state index is 0.0234. The zero-order chi connectivity index (χ0) is 22.6. The lowest BCUT2D eigenvalue weighted by atomic mass is 9.43. The van der Waals surface area contributed by atoms with Crippen LogP contribution in [0.5, 0.6) is 0 Å². The maximum Gasteiger partial charge on any atom is 0.0796 e. The minimum Gasteiger partial charge on any atom is -0.392 e. The molecule has 0 amide bonds. The van der Waals surface area contributed by atoms with Gasteiger partial charge in [0.2, 0.25) is 0 Å². The van der Waals surface area contributed by atoms with Gasteiger partial charge < -0.3 is 29.2 Å². The van der Waals surface area contributed by atoms with Crippen molar-refractivity contribution in [3.63, 3.8) is 0 Å². The maximum atomic E-state index is 12.6. The lowest BCUT2D eigenvalue weighted by Gasteiger charge is -2.69. The smallest absolute Gasteiger partial charge is 0.0796 e. The number of fused-ring (bicyclic) bond motifs is 2. The Hall–Kier alpha value is -0.280. The van der Waals surface area contributed by atoms with Gasteiger partial charge in [0.1, 0.15) is 0 Å². The average molecular weight is 452 g/mol. The van der Waals surface area contributed by atoms with E-state index in [1.807, 2.05) is 21.3 Å². The Labute approximate surface area is 191 Å². The molecule has 6 fully saturated rings. The molecule has 1 heterocycles. The number of piperidine rings is 1. The summed E-state index contributed by atoms with van der Waals surface area (Å²) >= 11 is 0. The monoisotopic (exact) mass is 451 g/mol. The molecule has 0 aromatic heterocycles. The minimum atomic E-state index is -0.999. The topological polar surface area (TPSA) is 80.6 Å². The fourth-order valence-electron chi connectivity index (χ4n) is 11.0. The molecule has 0 radical (unpaired) electrons. The Balaban J connectivity index is 1.63. The van der Waals surface area contributed by atoms with E-state index in [0.717, 1.165) is 32.4 Å². The molecule has 182 valence electrons. The molecule has 7 nitrogen and oxygen atoms in total. The summed E-state index contributed by atoms with van der Waals surface area (Å²) < 4.78 is 24.5. The number of hydrogen-bond donors (Lipinski definition) is 2. The molecular weight excluding hydrogens is 410 g/mol. The summed E-state index contributed by atoms with van der Waals surface area (Å²) in [5.41, 5.74) is -1.18. The molecule has 0 aromatic rings. The van der Waals surface area contributed by atoms with Gasteiger partial charge in [-0.2, -0.15) is 0 Å². The van der Waals surface area contributed by atoms with Gasteiger partial charge in [-0.1, -0.05) is 6.92 Å². The molecule has 5 aliphatic carbocycles. The summed E-state index contributed by atoms with van der Waals surface area (Å²) in [4.78, 5) is 2.62. The first-order valence-electron chi connectivity index (χ1n) is 12.6. The third-order valence-corrected chi connectivity index (χ3v) is 11.4. The summed E-state index contributed by atoms with van der Waals surface area (Å²) in [6.45, 7) is 4.86. The van der Waals surface area contributed by atoms with Gasteiger partial charge in [-0.3, -0.25) is 4.90 Å². The molecule has 1 spiro atoms. The van der Waals surface area contributed by atoms with Gasteiger partial charge in [0, 0.05) is 81.9 Å². The van der Waals surface area contributed by atoms with E-state index in [4.69, 9.17) is 18.9 Å². The lowest BCUT2D eigenvalue weighted by molar-refractivity contribution is -0.276. The summed E-state index contributed by atoms with van der Waals surface area (Å²) in [5, 5.41) is 24.1. The summed E-state index contributed by atoms with van der Waals surface area (Å²) in [6, 6.07) is 0.186. The number of ether oxygens (including phenoxy) is 4. The lowest BCUT2D eigenvalue weighted by Crippen LogP contribution is -2.76. The molecule has 2 N–H and O–H groups in total. The Morgan fingerprint density at radius 2 is 1.84 bits per heavy atom. The van der Waals surface area contributed by atoms with E-state index in [1.54, 1.807) is 7.11 Å². The predicted molar refractivity (Wildman–Crippen MR) is 117 cm³/mol. The van der Waals surface area contributed by atoms with E-state index in [0.29, 0.717) is 13.0 Å². The van der Waals surface area contributed by atoms with Crippen molar-refractivity contribution in [3.05, 3.63) is 0 Å². The van der Waals surface area contributed by atoms with E-state index >= 15 is 0 Å². The average Bonchev–Trinajstić information content (AvgIpc) is 3.19. The van der Waals surface area contributed by atoms with Crippen molar-refractivity contribution in [1.29, 1.82) is 0 Å². The Kier molecular flexibility index (Phi) is 4.94. The second-order valence-corrected chi connectivity index (χ2v) is 11.8. The number of methoxy groups -OCH3 is 4. The van der Waals surface area contributed by atoms with Gasteiger partial charge in [-0.15, -0.1) is 0 Å². The van der Waals surface area contributed by atoms with Crippen LogP contribution in [0.2, 0.25) is 0 Å².